The van der Waals surface area contributed by atoms with Gasteiger partial charge in [-0.15, -0.1) is 0 Å². The van der Waals surface area contributed by atoms with E-state index in [0.29, 0.717) is 0 Å². The zero-order valence-corrected chi connectivity index (χ0v) is 11.0. The van der Waals surface area contributed by atoms with Gasteiger partial charge in [0.1, 0.15) is 0 Å². The topological polar surface area (TPSA) is 21.3 Å². The molecule has 0 aromatic rings. The number of nitrogens with one attached hydrogen (secondary N) is 1. The molecular weight excluding hydrogens is 198 g/mol. The van der Waals surface area contributed by atoms with Crippen molar-refractivity contribution in [2.45, 2.75) is 58.3 Å². The second kappa shape index (κ2) is 10.1. The quantitative estimate of drug-likeness (QED) is 0.578. The average Bonchev–Trinajstić information content (AvgIpc) is 2.80. The van der Waals surface area contributed by atoms with Crippen molar-refractivity contribution < 1.29 is 4.74 Å². The highest BCUT2D eigenvalue weighted by Gasteiger charge is 2.14. The minimum atomic E-state index is 0.831. The second-order valence-corrected chi connectivity index (χ2v) is 5.04. The van der Waals surface area contributed by atoms with Gasteiger partial charge in [0.15, 0.2) is 0 Å². The van der Waals surface area contributed by atoms with Gasteiger partial charge in [-0.2, -0.15) is 0 Å². The zero-order valence-electron chi connectivity index (χ0n) is 11.0. The van der Waals surface area contributed by atoms with Gasteiger partial charge in [-0.3, -0.25) is 0 Å². The number of rotatable bonds is 10. The Kier molecular flexibility index (Phi) is 8.83. The highest BCUT2D eigenvalue weighted by atomic mass is 16.5. The van der Waals surface area contributed by atoms with Crippen LogP contribution in [0.2, 0.25) is 0 Å². The molecule has 1 aliphatic rings. The molecule has 0 radical (unpaired) electrons. The van der Waals surface area contributed by atoms with Crippen molar-refractivity contribution in [2.24, 2.45) is 5.92 Å². The molecule has 0 saturated carbocycles. The Labute approximate surface area is 101 Å². The molecule has 1 heterocycles. The fourth-order valence-electron chi connectivity index (χ4n) is 2.27. The van der Waals surface area contributed by atoms with Gasteiger partial charge in [-0.25, -0.2) is 0 Å². The lowest BCUT2D eigenvalue weighted by Crippen LogP contribution is -2.19. The highest BCUT2D eigenvalue weighted by molar-refractivity contribution is 4.65. The molecule has 2 nitrogen and oxygen atoms in total. The summed E-state index contributed by atoms with van der Waals surface area (Å²) in [5.74, 6) is 0.831. The van der Waals surface area contributed by atoms with Crippen molar-refractivity contribution in [3.05, 3.63) is 0 Å². The Hall–Kier alpha value is -0.0800. The Bertz CT molecular complexity index is 144. The van der Waals surface area contributed by atoms with Crippen molar-refractivity contribution in [3.63, 3.8) is 0 Å². The summed E-state index contributed by atoms with van der Waals surface area (Å²) in [7, 11) is 0. The van der Waals surface area contributed by atoms with Gasteiger partial charge < -0.3 is 10.1 Å². The standard InChI is InChI=1S/C14H29NO/c1-2-3-4-5-6-7-10-15-11-8-14-9-12-16-13-14/h14-15H,2-13H2,1H3. The van der Waals surface area contributed by atoms with Crippen molar-refractivity contribution in [1.29, 1.82) is 0 Å². The Morgan fingerprint density at radius 1 is 1.06 bits per heavy atom. The minimum absolute atomic E-state index is 0.831. The summed E-state index contributed by atoms with van der Waals surface area (Å²) in [6.07, 6.45) is 10.9. The molecule has 1 unspecified atom stereocenters. The number of hydrogen-bond donors (Lipinski definition) is 1. The zero-order chi connectivity index (χ0) is 11.5. The van der Waals surface area contributed by atoms with Crippen LogP contribution in [-0.2, 0) is 4.74 Å². The molecule has 1 fully saturated rings. The summed E-state index contributed by atoms with van der Waals surface area (Å²) in [6, 6.07) is 0. The van der Waals surface area contributed by atoms with Crippen LogP contribution < -0.4 is 5.32 Å². The van der Waals surface area contributed by atoms with Gasteiger partial charge in [0, 0.05) is 13.2 Å². The third-order valence-corrected chi connectivity index (χ3v) is 3.46. The van der Waals surface area contributed by atoms with Crippen LogP contribution in [0.5, 0.6) is 0 Å². The van der Waals surface area contributed by atoms with Crippen LogP contribution in [0.25, 0.3) is 0 Å². The molecule has 0 bridgehead atoms. The maximum Gasteiger partial charge on any atom is 0.0495 e. The number of hydrogen-bond acceptors (Lipinski definition) is 2. The van der Waals surface area contributed by atoms with E-state index in [1.807, 2.05) is 0 Å². The fraction of sp³-hybridized carbons (Fsp3) is 1.00. The fourth-order valence-corrected chi connectivity index (χ4v) is 2.27. The van der Waals surface area contributed by atoms with Crippen molar-refractivity contribution in [2.75, 3.05) is 26.3 Å². The van der Waals surface area contributed by atoms with Crippen LogP contribution >= 0.6 is 0 Å². The molecule has 96 valence electrons. The minimum Gasteiger partial charge on any atom is -0.381 e. The van der Waals surface area contributed by atoms with E-state index in [0.717, 1.165) is 19.1 Å². The predicted octanol–water partition coefficient (Wildman–Crippen LogP) is 3.36. The molecule has 0 amide bonds. The Morgan fingerprint density at radius 2 is 1.88 bits per heavy atom. The smallest absolute Gasteiger partial charge is 0.0495 e. The summed E-state index contributed by atoms with van der Waals surface area (Å²) >= 11 is 0. The first-order chi connectivity index (χ1) is 7.93. The van der Waals surface area contributed by atoms with Crippen LogP contribution in [-0.4, -0.2) is 26.3 Å². The number of unbranched alkanes of at least 4 members (excludes halogenated alkanes) is 5. The molecule has 1 aliphatic heterocycles. The summed E-state index contributed by atoms with van der Waals surface area (Å²) in [5.41, 5.74) is 0. The lowest BCUT2D eigenvalue weighted by Gasteiger charge is -2.08. The lowest BCUT2D eigenvalue weighted by molar-refractivity contribution is 0.184. The van der Waals surface area contributed by atoms with Crippen LogP contribution in [0, 0.1) is 5.92 Å². The van der Waals surface area contributed by atoms with Crippen molar-refractivity contribution >= 4 is 0 Å². The molecule has 0 aliphatic carbocycles. The first kappa shape index (κ1) is 14.0. The molecular formula is C14H29NO. The van der Waals surface area contributed by atoms with Gasteiger partial charge in [0.05, 0.1) is 0 Å². The van der Waals surface area contributed by atoms with Crippen LogP contribution in [0.1, 0.15) is 58.3 Å². The van der Waals surface area contributed by atoms with Gasteiger partial charge in [-0.05, 0) is 38.3 Å². The van der Waals surface area contributed by atoms with E-state index in [1.165, 1.54) is 64.5 Å². The third-order valence-electron chi connectivity index (χ3n) is 3.46. The molecule has 0 spiro atoms. The van der Waals surface area contributed by atoms with E-state index >= 15 is 0 Å². The second-order valence-electron chi connectivity index (χ2n) is 5.04. The van der Waals surface area contributed by atoms with Gasteiger partial charge in [-0.1, -0.05) is 39.0 Å². The van der Waals surface area contributed by atoms with Crippen molar-refractivity contribution in [1.82, 2.24) is 5.32 Å². The molecule has 1 saturated heterocycles. The lowest BCUT2D eigenvalue weighted by atomic mass is 10.1. The molecule has 16 heavy (non-hydrogen) atoms. The van der Waals surface area contributed by atoms with E-state index in [2.05, 4.69) is 12.2 Å². The molecule has 1 N–H and O–H groups in total. The van der Waals surface area contributed by atoms with Crippen LogP contribution in [0.4, 0.5) is 0 Å². The Balaban J connectivity index is 1.71. The van der Waals surface area contributed by atoms with Crippen molar-refractivity contribution in [3.8, 4) is 0 Å². The summed E-state index contributed by atoms with van der Waals surface area (Å²) in [5, 5.41) is 3.55. The third kappa shape index (κ3) is 7.24. The van der Waals surface area contributed by atoms with E-state index in [4.69, 9.17) is 4.74 Å². The van der Waals surface area contributed by atoms with Crippen LogP contribution in [0.3, 0.4) is 0 Å². The molecule has 0 aromatic heterocycles. The normalized spacial score (nSPS) is 20.4. The first-order valence-corrected chi connectivity index (χ1v) is 7.22. The number of ether oxygens (including phenoxy) is 1. The van der Waals surface area contributed by atoms with E-state index in [1.54, 1.807) is 0 Å². The van der Waals surface area contributed by atoms with Crippen LogP contribution in [0.15, 0.2) is 0 Å². The highest BCUT2D eigenvalue weighted by Crippen LogP contribution is 2.15. The SMILES string of the molecule is CCCCCCCCNCCC1CCOC1. The molecule has 2 heteroatoms. The average molecular weight is 227 g/mol. The monoisotopic (exact) mass is 227 g/mol. The van der Waals surface area contributed by atoms with Gasteiger partial charge in [0.2, 0.25) is 0 Å². The van der Waals surface area contributed by atoms with Gasteiger partial charge in [0.25, 0.3) is 0 Å². The van der Waals surface area contributed by atoms with E-state index in [9.17, 15) is 0 Å². The molecule has 1 atom stereocenters. The largest absolute Gasteiger partial charge is 0.381 e. The summed E-state index contributed by atoms with van der Waals surface area (Å²) in [4.78, 5) is 0. The van der Waals surface area contributed by atoms with E-state index in [-0.39, 0.29) is 0 Å². The maximum absolute atomic E-state index is 5.36. The van der Waals surface area contributed by atoms with E-state index < -0.39 is 0 Å². The molecule has 0 aromatic carbocycles. The Morgan fingerprint density at radius 3 is 2.62 bits per heavy atom. The first-order valence-electron chi connectivity index (χ1n) is 7.22. The van der Waals surface area contributed by atoms with Gasteiger partial charge >= 0.3 is 0 Å². The maximum atomic E-state index is 5.36. The predicted molar refractivity (Wildman–Crippen MR) is 69.8 cm³/mol. The summed E-state index contributed by atoms with van der Waals surface area (Å²) < 4.78 is 5.36. The molecule has 1 rings (SSSR count). The summed E-state index contributed by atoms with van der Waals surface area (Å²) in [6.45, 7) is 6.65.